The van der Waals surface area contributed by atoms with E-state index in [9.17, 15) is 4.79 Å². The molecule has 0 radical (unpaired) electrons. The van der Waals surface area contributed by atoms with E-state index in [1.54, 1.807) is 13.8 Å². The molecule has 0 heterocycles. The molecular formula is C12H15BrO3. The van der Waals surface area contributed by atoms with E-state index in [1.165, 1.54) is 0 Å². The molecule has 1 rings (SSSR count). The van der Waals surface area contributed by atoms with E-state index in [4.69, 9.17) is 9.84 Å². The number of benzene rings is 1. The van der Waals surface area contributed by atoms with Gasteiger partial charge < -0.3 is 9.84 Å². The summed E-state index contributed by atoms with van der Waals surface area (Å²) in [5, 5.41) is 9.02. The van der Waals surface area contributed by atoms with Crippen molar-refractivity contribution in [3.63, 3.8) is 0 Å². The molecule has 0 fully saturated rings. The van der Waals surface area contributed by atoms with Crippen LogP contribution in [-0.4, -0.2) is 16.7 Å². The number of ether oxygens (including phenoxy) is 1. The first-order valence-corrected chi connectivity index (χ1v) is 5.89. The zero-order chi connectivity index (χ0) is 12.2. The molecule has 0 aliphatic rings. The number of carbonyl (C=O) groups is 1. The highest BCUT2D eigenvalue weighted by Crippen LogP contribution is 2.19. The average Bonchev–Trinajstić information content (AvgIpc) is 2.27. The SMILES string of the molecule is CCC(C)(OCc1ccc(Br)cc1)C(=O)O. The van der Waals surface area contributed by atoms with Gasteiger partial charge in [0, 0.05) is 4.47 Å². The molecule has 0 amide bonds. The van der Waals surface area contributed by atoms with Crippen LogP contribution in [0.2, 0.25) is 0 Å². The van der Waals surface area contributed by atoms with E-state index >= 15 is 0 Å². The van der Waals surface area contributed by atoms with Gasteiger partial charge in [0.05, 0.1) is 6.61 Å². The van der Waals surface area contributed by atoms with Crippen LogP contribution in [0.1, 0.15) is 25.8 Å². The lowest BCUT2D eigenvalue weighted by molar-refractivity contribution is -0.165. The molecule has 1 N–H and O–H groups in total. The van der Waals surface area contributed by atoms with Crippen LogP contribution in [-0.2, 0) is 16.1 Å². The van der Waals surface area contributed by atoms with Crippen LogP contribution in [0.25, 0.3) is 0 Å². The molecule has 3 nitrogen and oxygen atoms in total. The summed E-state index contributed by atoms with van der Waals surface area (Å²) in [5.74, 6) is -0.924. The largest absolute Gasteiger partial charge is 0.479 e. The molecule has 0 aliphatic carbocycles. The Labute approximate surface area is 104 Å². The molecule has 0 bridgehead atoms. The van der Waals surface area contributed by atoms with Crippen LogP contribution in [0.3, 0.4) is 0 Å². The number of hydrogen-bond donors (Lipinski definition) is 1. The summed E-state index contributed by atoms with van der Waals surface area (Å²) in [6.07, 6.45) is 0.443. The molecule has 0 aromatic heterocycles. The molecule has 88 valence electrons. The zero-order valence-electron chi connectivity index (χ0n) is 9.37. The number of carboxylic acid groups (broad SMARTS) is 1. The first-order valence-electron chi connectivity index (χ1n) is 5.10. The van der Waals surface area contributed by atoms with Gasteiger partial charge in [0.15, 0.2) is 5.60 Å². The molecule has 1 atom stereocenters. The second-order valence-electron chi connectivity index (χ2n) is 3.80. The van der Waals surface area contributed by atoms with Gasteiger partial charge in [0.2, 0.25) is 0 Å². The Kier molecular flexibility index (Phi) is 4.50. The maximum Gasteiger partial charge on any atom is 0.335 e. The average molecular weight is 287 g/mol. The summed E-state index contributed by atoms with van der Waals surface area (Å²) < 4.78 is 6.44. The van der Waals surface area contributed by atoms with Gasteiger partial charge in [-0.05, 0) is 31.0 Å². The second-order valence-corrected chi connectivity index (χ2v) is 4.72. The van der Waals surface area contributed by atoms with Crippen LogP contribution in [0.5, 0.6) is 0 Å². The van der Waals surface area contributed by atoms with E-state index in [-0.39, 0.29) is 0 Å². The van der Waals surface area contributed by atoms with Crippen molar-refractivity contribution < 1.29 is 14.6 Å². The van der Waals surface area contributed by atoms with Crippen molar-refractivity contribution in [2.45, 2.75) is 32.5 Å². The molecule has 0 aliphatic heterocycles. The number of rotatable bonds is 5. The number of carboxylic acids is 1. The van der Waals surface area contributed by atoms with Crippen LogP contribution in [0.4, 0.5) is 0 Å². The van der Waals surface area contributed by atoms with Crippen molar-refractivity contribution in [2.24, 2.45) is 0 Å². The normalized spacial score (nSPS) is 14.4. The Balaban J connectivity index is 2.63. The molecule has 0 saturated carbocycles. The number of halogens is 1. The Morgan fingerprint density at radius 1 is 1.44 bits per heavy atom. The zero-order valence-corrected chi connectivity index (χ0v) is 11.0. The Morgan fingerprint density at radius 3 is 2.44 bits per heavy atom. The quantitative estimate of drug-likeness (QED) is 0.904. The Hall–Kier alpha value is -0.870. The molecule has 1 aromatic rings. The lowest BCUT2D eigenvalue weighted by Crippen LogP contribution is -2.37. The maximum absolute atomic E-state index is 11.0. The van der Waals surface area contributed by atoms with Gasteiger partial charge in [-0.2, -0.15) is 0 Å². The van der Waals surface area contributed by atoms with E-state index in [0.29, 0.717) is 13.0 Å². The summed E-state index contributed by atoms with van der Waals surface area (Å²) >= 11 is 3.34. The molecule has 1 aromatic carbocycles. The first-order chi connectivity index (χ1) is 7.48. The van der Waals surface area contributed by atoms with Gasteiger partial charge >= 0.3 is 5.97 Å². The molecule has 0 saturated heterocycles. The third-order valence-corrected chi connectivity index (χ3v) is 3.13. The van der Waals surface area contributed by atoms with Gasteiger partial charge in [-0.15, -0.1) is 0 Å². The Bertz CT molecular complexity index is 361. The first kappa shape index (κ1) is 13.2. The van der Waals surface area contributed by atoms with Crippen molar-refractivity contribution in [1.29, 1.82) is 0 Å². The highest BCUT2D eigenvalue weighted by molar-refractivity contribution is 9.10. The summed E-state index contributed by atoms with van der Waals surface area (Å²) in [6, 6.07) is 7.62. The minimum atomic E-state index is -1.10. The molecule has 1 unspecified atom stereocenters. The van der Waals surface area contributed by atoms with Crippen molar-refractivity contribution in [3.05, 3.63) is 34.3 Å². The van der Waals surface area contributed by atoms with Crippen LogP contribution in [0, 0.1) is 0 Å². The van der Waals surface area contributed by atoms with Gasteiger partial charge in [-0.25, -0.2) is 4.79 Å². The fourth-order valence-corrected chi connectivity index (χ4v) is 1.40. The molecule has 16 heavy (non-hydrogen) atoms. The summed E-state index contributed by atoms with van der Waals surface area (Å²) in [5.41, 5.74) is -0.142. The van der Waals surface area contributed by atoms with Crippen molar-refractivity contribution >= 4 is 21.9 Å². The second kappa shape index (κ2) is 5.46. The van der Waals surface area contributed by atoms with Gasteiger partial charge in [-0.1, -0.05) is 35.0 Å². The number of aliphatic carboxylic acids is 1. The fraction of sp³-hybridized carbons (Fsp3) is 0.417. The Morgan fingerprint density at radius 2 is 2.00 bits per heavy atom. The minimum absolute atomic E-state index is 0.309. The molecular weight excluding hydrogens is 272 g/mol. The van der Waals surface area contributed by atoms with E-state index in [0.717, 1.165) is 10.0 Å². The smallest absolute Gasteiger partial charge is 0.335 e. The lowest BCUT2D eigenvalue weighted by atomic mass is 10.0. The van der Waals surface area contributed by atoms with Crippen molar-refractivity contribution in [1.82, 2.24) is 0 Å². The minimum Gasteiger partial charge on any atom is -0.479 e. The molecule has 4 heteroatoms. The van der Waals surface area contributed by atoms with Crippen molar-refractivity contribution in [3.8, 4) is 0 Å². The highest BCUT2D eigenvalue weighted by atomic mass is 79.9. The van der Waals surface area contributed by atoms with Gasteiger partial charge in [0.1, 0.15) is 0 Å². The van der Waals surface area contributed by atoms with Crippen molar-refractivity contribution in [2.75, 3.05) is 0 Å². The van der Waals surface area contributed by atoms with Crippen LogP contribution < -0.4 is 0 Å². The summed E-state index contributed by atoms with van der Waals surface area (Å²) in [4.78, 5) is 11.0. The standard InChI is InChI=1S/C12H15BrO3/c1-3-12(2,11(14)15)16-8-9-4-6-10(13)7-5-9/h4-7H,3,8H2,1-2H3,(H,14,15). The van der Waals surface area contributed by atoms with E-state index in [1.807, 2.05) is 24.3 Å². The number of hydrogen-bond acceptors (Lipinski definition) is 2. The maximum atomic E-state index is 11.0. The van der Waals surface area contributed by atoms with Gasteiger partial charge in [0.25, 0.3) is 0 Å². The van der Waals surface area contributed by atoms with E-state index in [2.05, 4.69) is 15.9 Å². The molecule has 0 spiro atoms. The predicted molar refractivity (Wildman–Crippen MR) is 65.3 cm³/mol. The third kappa shape index (κ3) is 3.32. The summed E-state index contributed by atoms with van der Waals surface area (Å²) in [6.45, 7) is 3.70. The topological polar surface area (TPSA) is 46.5 Å². The van der Waals surface area contributed by atoms with Crippen LogP contribution >= 0.6 is 15.9 Å². The highest BCUT2D eigenvalue weighted by Gasteiger charge is 2.31. The van der Waals surface area contributed by atoms with Crippen LogP contribution in [0.15, 0.2) is 28.7 Å². The fourth-order valence-electron chi connectivity index (χ4n) is 1.14. The monoisotopic (exact) mass is 286 g/mol. The summed E-state index contributed by atoms with van der Waals surface area (Å²) in [7, 11) is 0. The lowest BCUT2D eigenvalue weighted by Gasteiger charge is -2.23. The van der Waals surface area contributed by atoms with Gasteiger partial charge in [-0.3, -0.25) is 0 Å². The van der Waals surface area contributed by atoms with E-state index < -0.39 is 11.6 Å². The predicted octanol–water partition coefficient (Wildman–Crippen LogP) is 3.22. The third-order valence-electron chi connectivity index (χ3n) is 2.60.